The third-order valence-electron chi connectivity index (χ3n) is 3.80. The van der Waals surface area contributed by atoms with Crippen LogP contribution in [0, 0.1) is 0 Å². The topological polar surface area (TPSA) is 0 Å². The van der Waals surface area contributed by atoms with E-state index in [2.05, 4.69) is 75.0 Å². The molecule has 2 atom stereocenters. The predicted molar refractivity (Wildman–Crippen MR) is 86.9 cm³/mol. The van der Waals surface area contributed by atoms with Gasteiger partial charge < -0.3 is 0 Å². The second-order valence-corrected chi connectivity index (χ2v) is 17.6. The maximum Gasteiger partial charge on any atom is 0.0952 e. The van der Waals surface area contributed by atoms with Crippen LogP contribution in [0.3, 0.4) is 0 Å². The van der Waals surface area contributed by atoms with Crippen molar-refractivity contribution in [2.45, 2.75) is 31.7 Å². The van der Waals surface area contributed by atoms with E-state index in [4.69, 9.17) is 0 Å². The molecule has 2 unspecified atom stereocenters. The van der Waals surface area contributed by atoms with E-state index in [0.29, 0.717) is 0 Å². The van der Waals surface area contributed by atoms with E-state index in [1.165, 1.54) is 10.2 Å². The summed E-state index contributed by atoms with van der Waals surface area (Å²) in [5, 5.41) is 0. The number of hydrogen-bond donors (Lipinski definition) is 0. The fourth-order valence-electron chi connectivity index (χ4n) is 2.17. The lowest BCUT2D eigenvalue weighted by molar-refractivity contribution is 1.52. The summed E-state index contributed by atoms with van der Waals surface area (Å²) in [5.41, 5.74) is 9.33. The van der Waals surface area contributed by atoms with E-state index in [-0.39, 0.29) is 0 Å². The van der Waals surface area contributed by atoms with Gasteiger partial charge in [-0.1, -0.05) is 48.0 Å². The van der Waals surface area contributed by atoms with Crippen molar-refractivity contribution in [1.82, 2.24) is 0 Å². The Morgan fingerprint density at radius 1 is 0.938 bits per heavy atom. The monoisotopic (exact) mass is 266 g/mol. The third-order valence-corrected chi connectivity index (χ3v) is 22.6. The van der Waals surface area contributed by atoms with Crippen LogP contribution in [0.1, 0.15) is 13.8 Å². The van der Waals surface area contributed by atoms with Gasteiger partial charge >= 0.3 is 0 Å². The first-order chi connectivity index (χ1) is 7.40. The van der Waals surface area contributed by atoms with Crippen molar-refractivity contribution in [2.75, 3.05) is 0 Å². The molecule has 0 amide bonds. The first-order valence-corrected chi connectivity index (χ1v) is 12.6. The minimum absolute atomic E-state index is 0.836. The second kappa shape index (κ2) is 6.37. The summed E-state index contributed by atoms with van der Waals surface area (Å²) in [6.45, 7) is 17.2. The molecule has 0 saturated heterocycles. The summed E-state index contributed by atoms with van der Waals surface area (Å²) in [5.74, 6) is 0. The van der Waals surface area contributed by atoms with Crippen LogP contribution in [0.2, 0.25) is 17.9 Å². The summed E-state index contributed by atoms with van der Waals surface area (Å²) < 4.78 is 0. The Morgan fingerprint density at radius 3 is 1.44 bits per heavy atom. The summed E-state index contributed by atoms with van der Waals surface area (Å²) in [6.07, 6.45) is 4.40. The van der Waals surface area contributed by atoms with Crippen LogP contribution in [0.5, 0.6) is 0 Å². The van der Waals surface area contributed by atoms with Gasteiger partial charge in [-0.25, -0.2) is 0 Å². The number of hydrogen-bond acceptors (Lipinski definition) is 0. The van der Waals surface area contributed by atoms with E-state index < -0.39 is 16.1 Å². The van der Waals surface area contributed by atoms with Gasteiger partial charge in [0.15, 0.2) is 0 Å². The zero-order chi connectivity index (χ0) is 12.8. The normalized spacial score (nSPS) is 21.8. The summed E-state index contributed by atoms with van der Waals surface area (Å²) >= 11 is 0. The molecule has 0 aliphatic carbocycles. The smallest absolute Gasteiger partial charge is 0.0952 e. The van der Waals surface area contributed by atoms with Crippen LogP contribution in [-0.4, -0.2) is 26.4 Å². The molecule has 0 radical (unpaired) electrons. The first kappa shape index (κ1) is 15.6. The Bertz CT molecular complexity index is 276. The first-order valence-electron chi connectivity index (χ1n) is 5.95. The molecule has 0 saturated carbocycles. The SMILES string of the molecule is C=C[Si](C)(C=CC)C([SiH3])[Si](C)(C=C)C=CC. The van der Waals surface area contributed by atoms with Crippen molar-refractivity contribution in [1.29, 1.82) is 0 Å². The maximum absolute atomic E-state index is 4.08. The Balaban J connectivity index is 5.35. The van der Waals surface area contributed by atoms with Crippen LogP contribution in [0.25, 0.3) is 0 Å². The van der Waals surface area contributed by atoms with Crippen LogP contribution >= 0.6 is 0 Å². The fraction of sp³-hybridized carbons (Fsp3) is 0.385. The molecule has 3 heteroatoms. The lowest BCUT2D eigenvalue weighted by atomic mass is 10.8. The lowest BCUT2D eigenvalue weighted by Crippen LogP contribution is -2.48. The van der Waals surface area contributed by atoms with Gasteiger partial charge in [-0.15, -0.1) is 13.2 Å². The van der Waals surface area contributed by atoms with Gasteiger partial charge in [0.05, 0.1) is 16.1 Å². The van der Waals surface area contributed by atoms with Gasteiger partial charge in [-0.05, 0) is 18.6 Å². The van der Waals surface area contributed by atoms with Crippen molar-refractivity contribution in [2.24, 2.45) is 0 Å². The maximum atomic E-state index is 4.08. The van der Waals surface area contributed by atoms with Gasteiger partial charge in [0.25, 0.3) is 0 Å². The summed E-state index contributed by atoms with van der Waals surface area (Å²) in [6, 6.07) is 0. The average molecular weight is 267 g/mol. The predicted octanol–water partition coefficient (Wildman–Crippen LogP) is 3.06. The quantitative estimate of drug-likeness (QED) is 0.648. The largest absolute Gasteiger partial charge is 0.107 e. The fourth-order valence-corrected chi connectivity index (χ4v) is 14.4. The minimum atomic E-state index is -1.44. The zero-order valence-corrected chi connectivity index (χ0v) is 15.5. The molecule has 0 aromatic heterocycles. The molecule has 0 bridgehead atoms. The van der Waals surface area contributed by atoms with E-state index >= 15 is 0 Å². The Kier molecular flexibility index (Phi) is 6.22. The van der Waals surface area contributed by atoms with E-state index in [9.17, 15) is 0 Å². The average Bonchev–Trinajstić information content (AvgIpc) is 2.28. The van der Waals surface area contributed by atoms with Crippen LogP contribution in [-0.2, 0) is 0 Å². The molecule has 0 N–H and O–H groups in total. The van der Waals surface area contributed by atoms with Crippen LogP contribution in [0.4, 0.5) is 0 Å². The zero-order valence-electron chi connectivity index (χ0n) is 11.5. The molecule has 0 aliphatic rings. The van der Waals surface area contributed by atoms with Gasteiger partial charge in [0.1, 0.15) is 0 Å². The third kappa shape index (κ3) is 3.30. The van der Waals surface area contributed by atoms with E-state index in [1.54, 1.807) is 0 Å². The number of allylic oxidation sites excluding steroid dienone is 2. The Labute approximate surface area is 106 Å². The van der Waals surface area contributed by atoms with E-state index in [1.807, 2.05) is 0 Å². The van der Waals surface area contributed by atoms with Crippen molar-refractivity contribution < 1.29 is 0 Å². The van der Waals surface area contributed by atoms with Crippen molar-refractivity contribution in [3.63, 3.8) is 0 Å². The van der Waals surface area contributed by atoms with Crippen LogP contribution in [0.15, 0.2) is 48.1 Å². The van der Waals surface area contributed by atoms with Crippen molar-refractivity contribution >= 4 is 26.4 Å². The van der Waals surface area contributed by atoms with Gasteiger partial charge in [-0.2, -0.15) is 0 Å². The van der Waals surface area contributed by atoms with Gasteiger partial charge in [-0.3, -0.25) is 0 Å². The highest BCUT2D eigenvalue weighted by molar-refractivity contribution is 7.11. The minimum Gasteiger partial charge on any atom is -0.107 e. The Hall–Kier alpha value is -0.389. The second-order valence-electron chi connectivity index (χ2n) is 4.86. The van der Waals surface area contributed by atoms with Crippen molar-refractivity contribution in [3.8, 4) is 0 Å². The summed E-state index contributed by atoms with van der Waals surface area (Å²) in [7, 11) is -1.64. The molecule has 0 nitrogen and oxygen atoms in total. The molecular formula is C13H26Si3. The van der Waals surface area contributed by atoms with Crippen LogP contribution < -0.4 is 0 Å². The molecule has 0 spiro atoms. The standard InChI is InChI=1S/C13H26Si3/c1-7-11-15(5,9-3)13(14)16(6,10-4)12-8-2/h7-13H,3-4H2,1-2,5-6,14H3. The molecule has 0 aliphatic heterocycles. The Morgan fingerprint density at radius 2 is 1.25 bits per heavy atom. The van der Waals surface area contributed by atoms with Crippen molar-refractivity contribution in [3.05, 3.63) is 48.1 Å². The lowest BCUT2D eigenvalue weighted by Gasteiger charge is -2.37. The molecule has 0 rings (SSSR count). The highest BCUT2D eigenvalue weighted by Gasteiger charge is 2.39. The van der Waals surface area contributed by atoms with Gasteiger partial charge in [0, 0.05) is 10.2 Å². The molecule has 90 valence electrons. The van der Waals surface area contributed by atoms with E-state index in [0.717, 1.165) is 4.79 Å². The molecule has 0 aromatic rings. The molecule has 16 heavy (non-hydrogen) atoms. The molecule has 0 heterocycles. The highest BCUT2D eigenvalue weighted by Crippen LogP contribution is 2.32. The highest BCUT2D eigenvalue weighted by atomic mass is 28.4. The molecule has 0 aromatic carbocycles. The number of rotatable bonds is 6. The summed E-state index contributed by atoms with van der Waals surface area (Å²) in [4.78, 5) is 0.836. The van der Waals surface area contributed by atoms with Gasteiger partial charge in [0.2, 0.25) is 0 Å². The molecule has 0 fully saturated rings. The molecular weight excluding hydrogens is 240 g/mol.